The Kier molecular flexibility index (Phi) is 2.89. The van der Waals surface area contributed by atoms with Gasteiger partial charge < -0.3 is 10.6 Å². The molecule has 2 aromatic rings. The van der Waals surface area contributed by atoms with Crippen molar-refractivity contribution in [3.8, 4) is 0 Å². The minimum Gasteiger partial charge on any atom is -0.327 e. The van der Waals surface area contributed by atoms with Gasteiger partial charge in [0, 0.05) is 11.4 Å². The maximum Gasteiger partial charge on any atom is 0.242 e. The fourth-order valence-corrected chi connectivity index (χ4v) is 3.21. The Bertz CT molecular complexity index is 538. The number of hydrogen-bond donors (Lipinski definition) is 1. The molecule has 3 nitrogen and oxygen atoms in total. The van der Waals surface area contributed by atoms with Crippen LogP contribution in [-0.2, 0) is 11.3 Å². The van der Waals surface area contributed by atoms with Crippen LogP contribution in [0.3, 0.4) is 0 Å². The van der Waals surface area contributed by atoms with Crippen LogP contribution in [0.2, 0.25) is 0 Å². The molecule has 0 bridgehead atoms. The van der Waals surface area contributed by atoms with E-state index < -0.39 is 0 Å². The summed E-state index contributed by atoms with van der Waals surface area (Å²) >= 11 is 1.65. The molecule has 0 spiro atoms. The predicted octanol–water partition coefficient (Wildman–Crippen LogP) is 2.16. The van der Waals surface area contributed by atoms with Crippen molar-refractivity contribution >= 4 is 17.2 Å². The smallest absolute Gasteiger partial charge is 0.242 e. The minimum absolute atomic E-state index is 0.0391. The molecule has 3 rings (SSSR count). The highest BCUT2D eigenvalue weighted by atomic mass is 32.1. The van der Waals surface area contributed by atoms with Gasteiger partial charge in [-0.05, 0) is 17.0 Å². The third kappa shape index (κ3) is 1.83. The molecule has 1 amide bonds. The number of hydrogen-bond acceptors (Lipinski definition) is 3. The van der Waals surface area contributed by atoms with E-state index in [1.165, 1.54) is 0 Å². The lowest BCUT2D eigenvalue weighted by molar-refractivity contribution is -0.150. The summed E-state index contributed by atoms with van der Waals surface area (Å²) in [7, 11) is 0. The standard InChI is InChI=1S/C14H14N2OS/c15-12-13(11-7-4-8-18-11)16(14(12)17)9-10-5-2-1-3-6-10/h1-8,12-13H,9,15H2/t12-,13-/m0/s1. The lowest BCUT2D eigenvalue weighted by Gasteiger charge is -2.45. The molecule has 1 saturated heterocycles. The van der Waals surface area contributed by atoms with Crippen LogP contribution in [0.25, 0.3) is 0 Å². The van der Waals surface area contributed by atoms with Crippen molar-refractivity contribution in [3.05, 3.63) is 58.3 Å². The fourth-order valence-electron chi connectivity index (χ4n) is 2.32. The Morgan fingerprint density at radius 2 is 1.94 bits per heavy atom. The number of carbonyl (C=O) groups is 1. The average Bonchev–Trinajstić information content (AvgIpc) is 2.92. The first-order valence-corrected chi connectivity index (χ1v) is 6.79. The van der Waals surface area contributed by atoms with Gasteiger partial charge in [0.1, 0.15) is 6.04 Å². The summed E-state index contributed by atoms with van der Waals surface area (Å²) < 4.78 is 0. The van der Waals surface area contributed by atoms with Crippen molar-refractivity contribution in [2.75, 3.05) is 0 Å². The lowest BCUT2D eigenvalue weighted by atomic mass is 9.93. The Hall–Kier alpha value is -1.65. The van der Waals surface area contributed by atoms with E-state index in [0.717, 1.165) is 10.4 Å². The van der Waals surface area contributed by atoms with Crippen molar-refractivity contribution in [3.63, 3.8) is 0 Å². The van der Waals surface area contributed by atoms with Gasteiger partial charge in [0.05, 0.1) is 6.04 Å². The van der Waals surface area contributed by atoms with E-state index in [9.17, 15) is 4.79 Å². The van der Waals surface area contributed by atoms with Crippen molar-refractivity contribution in [1.29, 1.82) is 0 Å². The summed E-state index contributed by atoms with van der Waals surface area (Å²) in [4.78, 5) is 14.9. The zero-order valence-electron chi connectivity index (χ0n) is 9.82. The highest BCUT2D eigenvalue weighted by molar-refractivity contribution is 7.10. The van der Waals surface area contributed by atoms with E-state index in [0.29, 0.717) is 6.54 Å². The second kappa shape index (κ2) is 4.55. The highest BCUT2D eigenvalue weighted by Crippen LogP contribution is 2.37. The van der Waals surface area contributed by atoms with E-state index in [2.05, 4.69) is 0 Å². The van der Waals surface area contributed by atoms with Crippen molar-refractivity contribution in [2.24, 2.45) is 5.73 Å². The maximum atomic E-state index is 11.9. The summed E-state index contributed by atoms with van der Waals surface area (Å²) in [6, 6.07) is 13.7. The van der Waals surface area contributed by atoms with Gasteiger partial charge in [-0.15, -0.1) is 11.3 Å². The molecule has 18 heavy (non-hydrogen) atoms. The van der Waals surface area contributed by atoms with Gasteiger partial charge in [-0.2, -0.15) is 0 Å². The molecule has 2 N–H and O–H groups in total. The van der Waals surface area contributed by atoms with E-state index in [1.807, 2.05) is 52.7 Å². The molecule has 2 atom stereocenters. The number of nitrogens with two attached hydrogens (primary N) is 1. The van der Waals surface area contributed by atoms with Crippen LogP contribution in [0.5, 0.6) is 0 Å². The molecule has 2 heterocycles. The van der Waals surface area contributed by atoms with Gasteiger partial charge in [-0.25, -0.2) is 0 Å². The SMILES string of the molecule is N[C@@H]1C(=O)N(Cc2ccccc2)[C@H]1c1cccs1. The normalized spacial score (nSPS) is 22.9. The molecule has 0 radical (unpaired) electrons. The lowest BCUT2D eigenvalue weighted by Crippen LogP contribution is -2.62. The zero-order valence-corrected chi connectivity index (χ0v) is 10.6. The first kappa shape index (κ1) is 11.4. The molecule has 0 unspecified atom stereocenters. The number of nitrogens with zero attached hydrogens (tertiary/aromatic N) is 1. The van der Waals surface area contributed by atoms with E-state index in [4.69, 9.17) is 5.73 Å². The van der Waals surface area contributed by atoms with Crippen molar-refractivity contribution in [2.45, 2.75) is 18.6 Å². The van der Waals surface area contributed by atoms with Crippen molar-refractivity contribution in [1.82, 2.24) is 4.90 Å². The highest BCUT2D eigenvalue weighted by Gasteiger charge is 2.45. The summed E-state index contributed by atoms with van der Waals surface area (Å²) in [5, 5.41) is 2.02. The summed E-state index contributed by atoms with van der Waals surface area (Å²) in [6.45, 7) is 0.635. The molecule has 1 aliphatic heterocycles. The molecule has 1 aromatic heterocycles. The largest absolute Gasteiger partial charge is 0.327 e. The molecular weight excluding hydrogens is 244 g/mol. The van der Waals surface area contributed by atoms with Crippen LogP contribution in [0.1, 0.15) is 16.5 Å². The van der Waals surface area contributed by atoms with E-state index in [-0.39, 0.29) is 18.0 Å². The van der Waals surface area contributed by atoms with Gasteiger partial charge >= 0.3 is 0 Å². The van der Waals surface area contributed by atoms with E-state index >= 15 is 0 Å². The quantitative estimate of drug-likeness (QED) is 0.858. The number of likely N-dealkylation sites (tertiary alicyclic amines) is 1. The molecule has 92 valence electrons. The van der Waals surface area contributed by atoms with Crippen LogP contribution in [0, 0.1) is 0 Å². The van der Waals surface area contributed by atoms with Crippen LogP contribution in [0.4, 0.5) is 0 Å². The molecular formula is C14H14N2OS. The van der Waals surface area contributed by atoms with Gasteiger partial charge in [0.2, 0.25) is 5.91 Å². The molecule has 0 aliphatic carbocycles. The summed E-state index contributed by atoms with van der Waals surface area (Å²) in [5.41, 5.74) is 7.06. The van der Waals surface area contributed by atoms with Gasteiger partial charge in [-0.1, -0.05) is 36.4 Å². The van der Waals surface area contributed by atoms with Crippen LogP contribution < -0.4 is 5.73 Å². The number of β-lactam (4-membered cyclic amide) rings is 1. The third-order valence-electron chi connectivity index (χ3n) is 3.27. The molecule has 1 aromatic carbocycles. The second-order valence-electron chi connectivity index (χ2n) is 4.44. The van der Waals surface area contributed by atoms with Gasteiger partial charge in [0.25, 0.3) is 0 Å². The molecule has 1 aliphatic rings. The first-order valence-electron chi connectivity index (χ1n) is 5.91. The zero-order chi connectivity index (χ0) is 12.5. The van der Waals surface area contributed by atoms with Crippen LogP contribution in [-0.4, -0.2) is 16.8 Å². The number of benzene rings is 1. The first-order chi connectivity index (χ1) is 8.77. The van der Waals surface area contributed by atoms with E-state index in [1.54, 1.807) is 11.3 Å². The molecule has 0 saturated carbocycles. The topological polar surface area (TPSA) is 46.3 Å². The number of rotatable bonds is 3. The average molecular weight is 258 g/mol. The van der Waals surface area contributed by atoms with Crippen LogP contribution >= 0.6 is 11.3 Å². The number of amides is 1. The second-order valence-corrected chi connectivity index (χ2v) is 5.42. The maximum absolute atomic E-state index is 11.9. The van der Waals surface area contributed by atoms with Gasteiger partial charge in [0.15, 0.2) is 0 Å². The Labute approximate surface area is 110 Å². The monoisotopic (exact) mass is 258 g/mol. The third-order valence-corrected chi connectivity index (χ3v) is 4.22. The summed E-state index contributed by atoms with van der Waals surface area (Å²) in [6.07, 6.45) is 0. The predicted molar refractivity (Wildman–Crippen MR) is 72.0 cm³/mol. The number of carbonyl (C=O) groups excluding carboxylic acids is 1. The fraction of sp³-hybridized carbons (Fsp3) is 0.214. The minimum atomic E-state index is -0.382. The molecule has 1 fully saturated rings. The number of thiophene rings is 1. The molecule has 4 heteroatoms. The Balaban J connectivity index is 1.81. The Morgan fingerprint density at radius 1 is 1.17 bits per heavy atom. The van der Waals surface area contributed by atoms with Gasteiger partial charge in [-0.3, -0.25) is 4.79 Å². The Morgan fingerprint density at radius 3 is 2.61 bits per heavy atom. The van der Waals surface area contributed by atoms with Crippen LogP contribution in [0.15, 0.2) is 47.8 Å². The summed E-state index contributed by atoms with van der Waals surface area (Å²) in [5.74, 6) is 0.0391. The van der Waals surface area contributed by atoms with Crippen molar-refractivity contribution < 1.29 is 4.79 Å².